The van der Waals surface area contributed by atoms with E-state index in [9.17, 15) is 9.18 Å². The minimum Gasteiger partial charge on any atom is -0.465 e. The smallest absolute Gasteiger partial charge is 0.337 e. The van der Waals surface area contributed by atoms with Crippen molar-refractivity contribution in [3.63, 3.8) is 0 Å². The average Bonchev–Trinajstić information content (AvgIpc) is 2.25. The first-order valence-corrected chi connectivity index (χ1v) is 4.09. The molecule has 0 amide bonds. The van der Waals surface area contributed by atoms with Crippen molar-refractivity contribution < 1.29 is 18.7 Å². The molecule has 0 aliphatic carbocycles. The fraction of sp³-hybridized carbons (Fsp3) is 0.300. The normalized spacial score (nSPS) is 9.86. The van der Waals surface area contributed by atoms with Crippen LogP contribution >= 0.6 is 0 Å². The first-order valence-electron chi connectivity index (χ1n) is 4.09. The zero-order chi connectivity index (χ0) is 10.4. The maximum absolute atomic E-state index is 11.7. The Kier molecular flexibility index (Phi) is 4.07. The molecular formula is C10H11FO3. The average molecular weight is 198 g/mol. The van der Waals surface area contributed by atoms with Crippen molar-refractivity contribution in [3.05, 3.63) is 35.4 Å². The Morgan fingerprint density at radius 2 is 2.29 bits per heavy atom. The van der Waals surface area contributed by atoms with Crippen LogP contribution in [-0.4, -0.2) is 19.9 Å². The predicted molar refractivity (Wildman–Crippen MR) is 48.5 cm³/mol. The van der Waals surface area contributed by atoms with Crippen LogP contribution in [0, 0.1) is 0 Å². The second-order valence-corrected chi connectivity index (χ2v) is 2.65. The van der Waals surface area contributed by atoms with Gasteiger partial charge in [-0.05, 0) is 17.7 Å². The van der Waals surface area contributed by atoms with Gasteiger partial charge in [0, 0.05) is 0 Å². The maximum Gasteiger partial charge on any atom is 0.337 e. The molecule has 4 heteroatoms. The molecule has 0 radical (unpaired) electrons. The Morgan fingerprint density at radius 1 is 1.50 bits per heavy atom. The highest BCUT2D eigenvalue weighted by molar-refractivity contribution is 5.89. The number of methoxy groups -OCH3 is 1. The van der Waals surface area contributed by atoms with Gasteiger partial charge in [-0.2, -0.15) is 0 Å². The van der Waals surface area contributed by atoms with E-state index in [1.807, 2.05) is 0 Å². The number of esters is 1. The summed E-state index contributed by atoms with van der Waals surface area (Å²) in [5.41, 5.74) is 1.18. The molecule has 0 saturated carbocycles. The van der Waals surface area contributed by atoms with E-state index in [2.05, 4.69) is 9.47 Å². The molecule has 0 fully saturated rings. The molecule has 76 valence electrons. The lowest BCUT2D eigenvalue weighted by Crippen LogP contribution is -2.02. The molecule has 0 aliphatic heterocycles. The maximum atomic E-state index is 11.7. The Hall–Kier alpha value is -1.42. The summed E-state index contributed by atoms with van der Waals surface area (Å²) in [5.74, 6) is -0.410. The lowest BCUT2D eigenvalue weighted by Gasteiger charge is -2.02. The summed E-state index contributed by atoms with van der Waals surface area (Å²) in [6.07, 6.45) is 0. The molecule has 0 aromatic heterocycles. The molecule has 1 rings (SSSR count). The molecule has 0 saturated heterocycles. The van der Waals surface area contributed by atoms with Gasteiger partial charge in [0.25, 0.3) is 0 Å². The molecule has 0 N–H and O–H groups in total. The third-order valence-electron chi connectivity index (χ3n) is 1.69. The fourth-order valence-corrected chi connectivity index (χ4v) is 1.06. The van der Waals surface area contributed by atoms with Gasteiger partial charge in [0.05, 0.1) is 19.3 Å². The third kappa shape index (κ3) is 2.81. The van der Waals surface area contributed by atoms with Crippen LogP contribution in [0.15, 0.2) is 24.3 Å². The summed E-state index contributed by atoms with van der Waals surface area (Å²) in [6, 6.07) is 6.69. The highest BCUT2D eigenvalue weighted by Gasteiger charge is 2.05. The van der Waals surface area contributed by atoms with Crippen molar-refractivity contribution in [3.8, 4) is 0 Å². The fourth-order valence-electron chi connectivity index (χ4n) is 1.06. The van der Waals surface area contributed by atoms with E-state index in [-0.39, 0.29) is 6.61 Å². The predicted octanol–water partition coefficient (Wildman–Crippen LogP) is 1.92. The molecule has 0 atom stereocenters. The third-order valence-corrected chi connectivity index (χ3v) is 1.69. The van der Waals surface area contributed by atoms with Crippen molar-refractivity contribution in [2.45, 2.75) is 6.61 Å². The quantitative estimate of drug-likeness (QED) is 0.693. The number of ether oxygens (including phenoxy) is 2. The lowest BCUT2D eigenvalue weighted by atomic mass is 10.1. The van der Waals surface area contributed by atoms with Crippen LogP contribution in [0.2, 0.25) is 0 Å². The molecule has 1 aromatic carbocycles. The minimum absolute atomic E-state index is 0.154. The van der Waals surface area contributed by atoms with Gasteiger partial charge in [-0.25, -0.2) is 9.18 Å². The van der Waals surface area contributed by atoms with Crippen LogP contribution in [0.1, 0.15) is 15.9 Å². The summed E-state index contributed by atoms with van der Waals surface area (Å²) in [7, 11) is 1.31. The monoisotopic (exact) mass is 198 g/mol. The van der Waals surface area contributed by atoms with E-state index < -0.39 is 12.8 Å². The summed E-state index contributed by atoms with van der Waals surface area (Å²) < 4.78 is 20.8. The van der Waals surface area contributed by atoms with Crippen molar-refractivity contribution in [1.29, 1.82) is 0 Å². The number of rotatable bonds is 4. The Morgan fingerprint density at radius 3 is 2.93 bits per heavy atom. The molecule has 0 spiro atoms. The van der Waals surface area contributed by atoms with Crippen LogP contribution in [0.3, 0.4) is 0 Å². The van der Waals surface area contributed by atoms with Gasteiger partial charge in [-0.1, -0.05) is 12.1 Å². The van der Waals surface area contributed by atoms with E-state index in [0.717, 1.165) is 5.56 Å². The van der Waals surface area contributed by atoms with Gasteiger partial charge in [0.2, 0.25) is 0 Å². The van der Waals surface area contributed by atoms with Crippen molar-refractivity contribution in [2.75, 3.05) is 14.0 Å². The largest absolute Gasteiger partial charge is 0.465 e. The second-order valence-electron chi connectivity index (χ2n) is 2.65. The zero-order valence-electron chi connectivity index (χ0n) is 7.83. The lowest BCUT2D eigenvalue weighted by molar-refractivity contribution is 0.0461. The van der Waals surface area contributed by atoms with E-state index in [0.29, 0.717) is 5.56 Å². The highest BCUT2D eigenvalue weighted by Crippen LogP contribution is 2.07. The van der Waals surface area contributed by atoms with Crippen molar-refractivity contribution >= 4 is 5.97 Å². The highest BCUT2D eigenvalue weighted by atomic mass is 19.1. The van der Waals surface area contributed by atoms with Crippen LogP contribution < -0.4 is 0 Å². The molecule has 14 heavy (non-hydrogen) atoms. The number of hydrogen-bond donors (Lipinski definition) is 0. The SMILES string of the molecule is COC(=O)c1cccc(COCF)c1. The van der Waals surface area contributed by atoms with Gasteiger partial charge < -0.3 is 9.47 Å². The topological polar surface area (TPSA) is 35.5 Å². The Labute approximate surface area is 81.4 Å². The minimum atomic E-state index is -0.831. The van der Waals surface area contributed by atoms with Crippen LogP contribution in [0.25, 0.3) is 0 Å². The zero-order valence-corrected chi connectivity index (χ0v) is 7.83. The molecule has 0 heterocycles. The number of alkyl halides is 1. The molecule has 1 aromatic rings. The van der Waals surface area contributed by atoms with E-state index >= 15 is 0 Å². The van der Waals surface area contributed by atoms with Crippen molar-refractivity contribution in [1.82, 2.24) is 0 Å². The van der Waals surface area contributed by atoms with Crippen molar-refractivity contribution in [2.24, 2.45) is 0 Å². The van der Waals surface area contributed by atoms with E-state index in [1.54, 1.807) is 24.3 Å². The molecule has 0 aliphatic rings. The molecule has 0 bridgehead atoms. The van der Waals surface area contributed by atoms with Gasteiger partial charge in [-0.3, -0.25) is 0 Å². The molecule has 0 unspecified atom stereocenters. The Balaban J connectivity index is 2.73. The second kappa shape index (κ2) is 5.34. The number of halogens is 1. The van der Waals surface area contributed by atoms with Crippen LogP contribution in [0.5, 0.6) is 0 Å². The summed E-state index contributed by atoms with van der Waals surface area (Å²) in [4.78, 5) is 11.1. The van der Waals surface area contributed by atoms with Gasteiger partial charge in [0.1, 0.15) is 0 Å². The number of carbonyl (C=O) groups excluding carboxylic acids is 1. The Bertz CT molecular complexity index is 312. The van der Waals surface area contributed by atoms with E-state index in [4.69, 9.17) is 0 Å². The first-order chi connectivity index (χ1) is 6.77. The van der Waals surface area contributed by atoms with Gasteiger partial charge in [-0.15, -0.1) is 0 Å². The number of benzene rings is 1. The summed E-state index contributed by atoms with van der Waals surface area (Å²) in [5, 5.41) is 0. The van der Waals surface area contributed by atoms with Crippen LogP contribution in [0.4, 0.5) is 4.39 Å². The van der Waals surface area contributed by atoms with E-state index in [1.165, 1.54) is 7.11 Å². The standard InChI is InChI=1S/C10H11FO3/c1-13-10(12)9-4-2-3-8(5-9)6-14-7-11/h2-5H,6-7H2,1H3. The van der Waals surface area contributed by atoms with Gasteiger partial charge in [0.15, 0.2) is 6.86 Å². The van der Waals surface area contributed by atoms with Gasteiger partial charge >= 0.3 is 5.97 Å². The molecule has 3 nitrogen and oxygen atoms in total. The van der Waals surface area contributed by atoms with Crippen LogP contribution in [-0.2, 0) is 16.1 Å². The first kappa shape index (κ1) is 10.7. The summed E-state index contributed by atoms with van der Waals surface area (Å²) in [6.45, 7) is -0.677. The summed E-state index contributed by atoms with van der Waals surface area (Å²) >= 11 is 0. The molecular weight excluding hydrogens is 187 g/mol. The number of hydrogen-bond acceptors (Lipinski definition) is 3. The number of carbonyl (C=O) groups is 1.